The van der Waals surface area contributed by atoms with Gasteiger partial charge in [-0.2, -0.15) is 5.10 Å². The van der Waals surface area contributed by atoms with Crippen LogP contribution in [0.2, 0.25) is 0 Å². The van der Waals surface area contributed by atoms with Crippen LogP contribution in [0.1, 0.15) is 23.2 Å². The molecule has 1 saturated carbocycles. The van der Waals surface area contributed by atoms with Crippen LogP contribution in [0.5, 0.6) is 0 Å². The zero-order chi connectivity index (χ0) is 12.4. The van der Waals surface area contributed by atoms with Gasteiger partial charge < -0.3 is 10.6 Å². The van der Waals surface area contributed by atoms with E-state index in [0.717, 1.165) is 6.54 Å². The molecular weight excluding hydrogens is 216 g/mol. The lowest BCUT2D eigenvalue weighted by Gasteiger charge is -2.19. The molecule has 17 heavy (non-hydrogen) atoms. The zero-order valence-corrected chi connectivity index (χ0v) is 9.89. The minimum absolute atomic E-state index is 0.125. The van der Waals surface area contributed by atoms with E-state index in [-0.39, 0.29) is 5.91 Å². The minimum Gasteiger partial charge on any atom is -0.383 e. The van der Waals surface area contributed by atoms with E-state index in [9.17, 15) is 4.79 Å². The number of nitrogens with two attached hydrogens (primary N) is 1. The van der Waals surface area contributed by atoms with Crippen LogP contribution in [0.4, 0.5) is 5.82 Å². The number of nitrogens with zero attached hydrogens (tertiary/aromatic N) is 3. The van der Waals surface area contributed by atoms with Gasteiger partial charge in [0.1, 0.15) is 11.4 Å². The number of nitrogen functional groups attached to an aromatic ring is 1. The number of carbonyl (C=O) groups is 1. The second-order valence-electron chi connectivity index (χ2n) is 4.40. The van der Waals surface area contributed by atoms with Crippen molar-refractivity contribution in [2.24, 2.45) is 13.0 Å². The molecule has 0 bridgehead atoms. The summed E-state index contributed by atoms with van der Waals surface area (Å²) in [5, 5.41) is 3.97. The third kappa shape index (κ3) is 2.41. The molecule has 1 aromatic rings. The van der Waals surface area contributed by atoms with Crippen molar-refractivity contribution in [3.8, 4) is 12.3 Å². The summed E-state index contributed by atoms with van der Waals surface area (Å²) >= 11 is 0. The average Bonchev–Trinajstić information content (AvgIpc) is 3.06. The number of amides is 1. The van der Waals surface area contributed by atoms with Gasteiger partial charge in [0, 0.05) is 13.6 Å². The molecule has 90 valence electrons. The Hall–Kier alpha value is -1.96. The van der Waals surface area contributed by atoms with Gasteiger partial charge in [-0.1, -0.05) is 5.92 Å². The molecule has 1 amide bonds. The number of aryl methyl sites for hydroxylation is 1. The highest BCUT2D eigenvalue weighted by atomic mass is 16.2. The van der Waals surface area contributed by atoms with Crippen molar-refractivity contribution < 1.29 is 4.79 Å². The van der Waals surface area contributed by atoms with Gasteiger partial charge in [0.25, 0.3) is 5.91 Å². The van der Waals surface area contributed by atoms with Gasteiger partial charge in [-0.25, -0.2) is 0 Å². The molecule has 1 aliphatic carbocycles. The maximum Gasteiger partial charge on any atom is 0.260 e. The van der Waals surface area contributed by atoms with E-state index in [2.05, 4.69) is 11.0 Å². The number of anilines is 1. The Balaban J connectivity index is 2.15. The molecule has 5 nitrogen and oxygen atoms in total. The second kappa shape index (κ2) is 4.50. The number of hydrogen-bond donors (Lipinski definition) is 1. The Morgan fingerprint density at radius 1 is 1.76 bits per heavy atom. The Kier molecular flexibility index (Phi) is 3.05. The van der Waals surface area contributed by atoms with Crippen molar-refractivity contribution in [3.63, 3.8) is 0 Å². The molecule has 2 N–H and O–H groups in total. The highest BCUT2D eigenvalue weighted by molar-refractivity contribution is 5.98. The van der Waals surface area contributed by atoms with Gasteiger partial charge in [-0.05, 0) is 18.8 Å². The fourth-order valence-corrected chi connectivity index (χ4v) is 1.72. The van der Waals surface area contributed by atoms with Crippen LogP contribution in [-0.2, 0) is 7.05 Å². The van der Waals surface area contributed by atoms with Crippen LogP contribution >= 0.6 is 0 Å². The first-order valence-corrected chi connectivity index (χ1v) is 5.63. The Bertz CT molecular complexity index is 467. The van der Waals surface area contributed by atoms with Gasteiger partial charge in [-0.3, -0.25) is 9.48 Å². The smallest absolute Gasteiger partial charge is 0.260 e. The summed E-state index contributed by atoms with van der Waals surface area (Å²) in [4.78, 5) is 13.9. The van der Waals surface area contributed by atoms with Gasteiger partial charge in [0.15, 0.2) is 0 Å². The van der Waals surface area contributed by atoms with Gasteiger partial charge in [-0.15, -0.1) is 6.42 Å². The molecule has 1 aliphatic rings. The predicted octanol–water partition coefficient (Wildman–Crippen LogP) is 0.488. The number of rotatable bonds is 4. The fraction of sp³-hybridized carbons (Fsp3) is 0.500. The van der Waals surface area contributed by atoms with Crippen molar-refractivity contribution in [3.05, 3.63) is 11.8 Å². The predicted molar refractivity (Wildman–Crippen MR) is 65.1 cm³/mol. The summed E-state index contributed by atoms with van der Waals surface area (Å²) < 4.78 is 1.48. The summed E-state index contributed by atoms with van der Waals surface area (Å²) in [6, 6.07) is 0. The number of aromatic nitrogens is 2. The molecule has 1 heterocycles. The molecule has 0 radical (unpaired) electrons. The standard InChI is InChI=1S/C12H16N4O/c1-3-6-16(8-9-4-5-9)12(17)10-7-14-15(2)11(10)13/h1,7,9H,4-6,8,13H2,2H3. The van der Waals surface area contributed by atoms with E-state index in [1.165, 1.54) is 23.7 Å². The normalized spacial score (nSPS) is 14.4. The van der Waals surface area contributed by atoms with Crippen LogP contribution < -0.4 is 5.73 Å². The van der Waals surface area contributed by atoms with Crippen LogP contribution in [0.3, 0.4) is 0 Å². The van der Waals surface area contributed by atoms with Crippen molar-refractivity contribution in [1.29, 1.82) is 0 Å². The first-order chi connectivity index (χ1) is 8.13. The summed E-state index contributed by atoms with van der Waals surface area (Å²) in [6.07, 6.45) is 9.14. The Labute approximate surface area is 101 Å². The lowest BCUT2D eigenvalue weighted by atomic mass is 10.2. The van der Waals surface area contributed by atoms with Gasteiger partial charge in [0.2, 0.25) is 0 Å². The fourth-order valence-electron chi connectivity index (χ4n) is 1.72. The van der Waals surface area contributed by atoms with Crippen LogP contribution in [-0.4, -0.2) is 33.7 Å². The lowest BCUT2D eigenvalue weighted by molar-refractivity contribution is 0.0771. The van der Waals surface area contributed by atoms with Crippen molar-refractivity contribution >= 4 is 11.7 Å². The summed E-state index contributed by atoms with van der Waals surface area (Å²) in [7, 11) is 1.71. The van der Waals surface area contributed by atoms with E-state index < -0.39 is 0 Å². The molecule has 0 atom stereocenters. The van der Waals surface area contributed by atoms with Gasteiger partial charge >= 0.3 is 0 Å². The second-order valence-corrected chi connectivity index (χ2v) is 4.40. The summed E-state index contributed by atoms with van der Waals surface area (Å²) in [6.45, 7) is 1.04. The molecule has 1 fully saturated rings. The highest BCUT2D eigenvalue weighted by Gasteiger charge is 2.28. The average molecular weight is 232 g/mol. The first kappa shape index (κ1) is 11.5. The topological polar surface area (TPSA) is 64.2 Å². The zero-order valence-electron chi connectivity index (χ0n) is 9.89. The molecule has 0 aromatic carbocycles. The maximum absolute atomic E-state index is 12.2. The molecule has 5 heteroatoms. The third-order valence-corrected chi connectivity index (χ3v) is 2.96. The van der Waals surface area contributed by atoms with E-state index in [0.29, 0.717) is 23.8 Å². The third-order valence-electron chi connectivity index (χ3n) is 2.96. The highest BCUT2D eigenvalue weighted by Crippen LogP contribution is 2.30. The first-order valence-electron chi connectivity index (χ1n) is 5.63. The minimum atomic E-state index is -0.125. The van der Waals surface area contributed by atoms with E-state index in [4.69, 9.17) is 12.2 Å². The summed E-state index contributed by atoms with van der Waals surface area (Å²) in [5.41, 5.74) is 6.22. The number of carbonyl (C=O) groups excluding carboxylic acids is 1. The molecule has 0 saturated heterocycles. The van der Waals surface area contributed by atoms with Crippen LogP contribution in [0.25, 0.3) is 0 Å². The van der Waals surface area contributed by atoms with E-state index >= 15 is 0 Å². The van der Waals surface area contributed by atoms with Crippen molar-refractivity contribution in [2.45, 2.75) is 12.8 Å². The molecule has 0 unspecified atom stereocenters. The molecule has 1 aromatic heterocycles. The van der Waals surface area contributed by atoms with E-state index in [1.54, 1.807) is 11.9 Å². The summed E-state index contributed by atoms with van der Waals surface area (Å²) in [5.74, 6) is 3.37. The molecular formula is C12H16N4O. The van der Waals surface area contributed by atoms with Gasteiger partial charge in [0.05, 0.1) is 12.7 Å². The molecule has 0 aliphatic heterocycles. The molecule has 0 spiro atoms. The number of hydrogen-bond acceptors (Lipinski definition) is 3. The Morgan fingerprint density at radius 3 is 2.94 bits per heavy atom. The maximum atomic E-state index is 12.2. The number of terminal acetylenes is 1. The van der Waals surface area contributed by atoms with Crippen LogP contribution in [0, 0.1) is 18.3 Å². The monoisotopic (exact) mass is 232 g/mol. The molecule has 2 rings (SSSR count). The van der Waals surface area contributed by atoms with Crippen molar-refractivity contribution in [1.82, 2.24) is 14.7 Å². The quantitative estimate of drug-likeness (QED) is 0.768. The SMILES string of the molecule is C#CCN(CC1CC1)C(=O)c1cnn(C)c1N. The lowest BCUT2D eigenvalue weighted by Crippen LogP contribution is -2.33. The van der Waals surface area contributed by atoms with Crippen LogP contribution in [0.15, 0.2) is 6.20 Å². The Morgan fingerprint density at radius 2 is 2.47 bits per heavy atom. The largest absolute Gasteiger partial charge is 0.383 e. The van der Waals surface area contributed by atoms with Crippen molar-refractivity contribution in [2.75, 3.05) is 18.8 Å². The van der Waals surface area contributed by atoms with E-state index in [1.807, 2.05) is 0 Å².